The Morgan fingerprint density at radius 2 is 1.76 bits per heavy atom. The van der Waals surface area contributed by atoms with Crippen molar-refractivity contribution >= 4 is 23.3 Å². The van der Waals surface area contributed by atoms with Crippen molar-refractivity contribution in [1.82, 2.24) is 14.7 Å². The number of amidine groups is 2. The number of ether oxygens (including phenoxy) is 1. The molecule has 0 saturated carbocycles. The molecule has 3 aliphatic heterocycles. The molecular weight excluding hydrogens is 338 g/mol. The monoisotopic (exact) mass is 367 g/mol. The zero-order chi connectivity index (χ0) is 17.6. The van der Waals surface area contributed by atoms with Crippen LogP contribution in [-0.2, 0) is 4.74 Å². The van der Waals surface area contributed by atoms with Crippen LogP contribution < -0.4 is 0 Å². The average Bonchev–Trinajstić information content (AvgIpc) is 2.79. The van der Waals surface area contributed by atoms with E-state index in [2.05, 4.69) is 26.6 Å². The van der Waals surface area contributed by atoms with Crippen molar-refractivity contribution in [3.63, 3.8) is 0 Å². The molecule has 2 saturated heterocycles. The third kappa shape index (κ3) is 5.26. The van der Waals surface area contributed by atoms with Gasteiger partial charge in [-0.1, -0.05) is 18.5 Å². The van der Waals surface area contributed by atoms with Crippen LogP contribution in [0.15, 0.2) is 16.1 Å². The van der Waals surface area contributed by atoms with Crippen LogP contribution in [0.3, 0.4) is 0 Å². The maximum absolute atomic E-state index is 8.09. The molecule has 3 rings (SSSR count). The lowest BCUT2D eigenvalue weighted by molar-refractivity contribution is 0.0315. The number of piperazine rings is 1. The van der Waals surface area contributed by atoms with E-state index in [1.807, 2.05) is 6.08 Å². The Bertz CT molecular complexity index is 522. The van der Waals surface area contributed by atoms with E-state index in [-0.39, 0.29) is 5.92 Å². The van der Waals surface area contributed by atoms with Gasteiger partial charge >= 0.3 is 0 Å². The van der Waals surface area contributed by atoms with Gasteiger partial charge in [-0.2, -0.15) is 0 Å². The lowest BCUT2D eigenvalue weighted by Crippen LogP contribution is -2.50. The second kappa shape index (κ2) is 9.12. The Morgan fingerprint density at radius 3 is 2.40 bits per heavy atom. The predicted octanol–water partition coefficient (Wildman–Crippen LogP) is 1.86. The van der Waals surface area contributed by atoms with Gasteiger partial charge in [-0.15, -0.1) is 0 Å². The number of aliphatic imine (C=N–C) groups is 1. The molecule has 0 radical (unpaired) electrons. The number of hydrogen-bond acceptors (Lipinski definition) is 5. The van der Waals surface area contributed by atoms with Crippen LogP contribution in [-0.4, -0.2) is 91.9 Å². The molecule has 0 aliphatic carbocycles. The standard InChI is InChI=1S/C18H30ClN5O/c1-2-15-13-17(20)21-18(14-16(15)19)24-7-5-22(6-8-24)3-4-23-9-11-25-12-10-23/h14-15,20H,2-13H2,1H3. The lowest BCUT2D eigenvalue weighted by Gasteiger charge is -2.37. The summed E-state index contributed by atoms with van der Waals surface area (Å²) in [7, 11) is 0. The van der Waals surface area contributed by atoms with Crippen LogP contribution in [0.25, 0.3) is 0 Å². The summed E-state index contributed by atoms with van der Waals surface area (Å²) in [5.74, 6) is 1.56. The van der Waals surface area contributed by atoms with Gasteiger partial charge in [0, 0.05) is 69.7 Å². The summed E-state index contributed by atoms with van der Waals surface area (Å²) < 4.78 is 5.41. The van der Waals surface area contributed by atoms with E-state index < -0.39 is 0 Å². The Balaban J connectivity index is 1.49. The van der Waals surface area contributed by atoms with Crippen molar-refractivity contribution in [3.8, 4) is 0 Å². The third-order valence-electron chi connectivity index (χ3n) is 5.37. The highest BCUT2D eigenvalue weighted by Crippen LogP contribution is 2.26. The molecule has 2 fully saturated rings. The van der Waals surface area contributed by atoms with Gasteiger partial charge < -0.3 is 9.64 Å². The summed E-state index contributed by atoms with van der Waals surface area (Å²) in [6.45, 7) is 12.2. The number of nitrogens with one attached hydrogen (secondary N) is 1. The summed E-state index contributed by atoms with van der Waals surface area (Å²) >= 11 is 6.46. The first-order valence-corrected chi connectivity index (χ1v) is 9.84. The number of allylic oxidation sites excluding steroid dienone is 1. The molecule has 1 N–H and O–H groups in total. The molecule has 6 nitrogen and oxygen atoms in total. The highest BCUT2D eigenvalue weighted by atomic mass is 35.5. The topological polar surface area (TPSA) is 55.2 Å². The first kappa shape index (κ1) is 18.8. The van der Waals surface area contributed by atoms with Gasteiger partial charge in [0.05, 0.1) is 13.2 Å². The van der Waals surface area contributed by atoms with Gasteiger partial charge in [-0.05, 0) is 12.5 Å². The first-order valence-electron chi connectivity index (χ1n) is 9.46. The molecule has 7 heteroatoms. The molecular formula is C18H30ClN5O. The summed E-state index contributed by atoms with van der Waals surface area (Å²) in [6, 6.07) is 0. The summed E-state index contributed by atoms with van der Waals surface area (Å²) in [5.41, 5.74) is 0. The van der Waals surface area contributed by atoms with Crippen LogP contribution in [0.4, 0.5) is 0 Å². The van der Waals surface area contributed by atoms with E-state index in [9.17, 15) is 0 Å². The largest absolute Gasteiger partial charge is 0.379 e. The Labute approximate surface area is 156 Å². The number of hydrogen-bond donors (Lipinski definition) is 1. The maximum Gasteiger partial charge on any atom is 0.131 e. The third-order valence-corrected chi connectivity index (χ3v) is 5.79. The van der Waals surface area contributed by atoms with Gasteiger partial charge in [0.25, 0.3) is 0 Å². The fourth-order valence-electron chi connectivity index (χ4n) is 3.60. The van der Waals surface area contributed by atoms with E-state index in [1.54, 1.807) is 0 Å². The summed E-state index contributed by atoms with van der Waals surface area (Å²) in [5, 5.41) is 8.93. The van der Waals surface area contributed by atoms with E-state index in [1.165, 1.54) is 0 Å². The normalized spacial score (nSPS) is 27.0. The second-order valence-electron chi connectivity index (χ2n) is 7.04. The molecule has 0 aromatic heterocycles. The van der Waals surface area contributed by atoms with Gasteiger partial charge in [-0.25, -0.2) is 4.99 Å². The van der Waals surface area contributed by atoms with Crippen LogP contribution in [0.1, 0.15) is 19.8 Å². The second-order valence-corrected chi connectivity index (χ2v) is 7.47. The fraction of sp³-hybridized carbons (Fsp3) is 0.778. The number of rotatable bonds is 4. The van der Waals surface area contributed by atoms with Crippen molar-refractivity contribution in [2.24, 2.45) is 10.9 Å². The van der Waals surface area contributed by atoms with Crippen molar-refractivity contribution in [3.05, 3.63) is 11.1 Å². The van der Waals surface area contributed by atoms with Gasteiger partial charge in [0.1, 0.15) is 11.7 Å². The Kier molecular flexibility index (Phi) is 6.87. The van der Waals surface area contributed by atoms with Gasteiger partial charge in [0.15, 0.2) is 0 Å². The van der Waals surface area contributed by atoms with Crippen LogP contribution in [0.5, 0.6) is 0 Å². The molecule has 1 unspecified atom stereocenters. The van der Waals surface area contributed by atoms with Crippen LogP contribution in [0, 0.1) is 11.3 Å². The molecule has 25 heavy (non-hydrogen) atoms. The molecule has 0 bridgehead atoms. The van der Waals surface area contributed by atoms with Crippen molar-refractivity contribution in [2.45, 2.75) is 19.8 Å². The average molecular weight is 368 g/mol. The number of morpholine rings is 1. The number of halogens is 1. The Hall–Kier alpha value is -0.950. The van der Waals surface area contributed by atoms with E-state index in [4.69, 9.17) is 21.7 Å². The molecule has 0 amide bonds. The zero-order valence-corrected chi connectivity index (χ0v) is 16.0. The first-order chi connectivity index (χ1) is 12.2. The minimum atomic E-state index is 0.241. The minimum absolute atomic E-state index is 0.241. The maximum atomic E-state index is 8.09. The van der Waals surface area contributed by atoms with Crippen LogP contribution >= 0.6 is 11.6 Å². The summed E-state index contributed by atoms with van der Waals surface area (Å²) in [4.78, 5) is 11.8. The highest BCUT2D eigenvalue weighted by Gasteiger charge is 2.24. The van der Waals surface area contributed by atoms with Crippen molar-refractivity contribution < 1.29 is 4.74 Å². The van der Waals surface area contributed by atoms with E-state index in [0.29, 0.717) is 12.3 Å². The molecule has 0 aromatic rings. The zero-order valence-electron chi connectivity index (χ0n) is 15.2. The lowest BCUT2D eigenvalue weighted by atomic mass is 10.0. The predicted molar refractivity (Wildman–Crippen MR) is 103 cm³/mol. The quantitative estimate of drug-likeness (QED) is 0.824. The molecule has 0 aromatic carbocycles. The molecule has 140 valence electrons. The SMILES string of the molecule is CCC1CC(=N)N=C(N2CCN(CCN3CCOCC3)CC2)C=C1Cl. The smallest absolute Gasteiger partial charge is 0.131 e. The molecule has 3 heterocycles. The Morgan fingerprint density at radius 1 is 1.12 bits per heavy atom. The molecule has 0 spiro atoms. The highest BCUT2D eigenvalue weighted by molar-refractivity contribution is 6.32. The molecule has 3 aliphatic rings. The van der Waals surface area contributed by atoms with Crippen molar-refractivity contribution in [1.29, 1.82) is 5.41 Å². The molecule has 1 atom stereocenters. The minimum Gasteiger partial charge on any atom is -0.379 e. The van der Waals surface area contributed by atoms with Gasteiger partial charge in [0.2, 0.25) is 0 Å². The number of nitrogens with zero attached hydrogens (tertiary/aromatic N) is 4. The van der Waals surface area contributed by atoms with E-state index >= 15 is 0 Å². The fourth-order valence-corrected chi connectivity index (χ4v) is 3.93. The van der Waals surface area contributed by atoms with Gasteiger partial charge in [-0.3, -0.25) is 15.2 Å². The van der Waals surface area contributed by atoms with E-state index in [0.717, 1.165) is 82.9 Å². The van der Waals surface area contributed by atoms with Crippen molar-refractivity contribution in [2.75, 3.05) is 65.6 Å². The summed E-state index contributed by atoms with van der Waals surface area (Å²) in [6.07, 6.45) is 3.59. The van der Waals surface area contributed by atoms with Crippen LogP contribution in [0.2, 0.25) is 0 Å².